The van der Waals surface area contributed by atoms with E-state index < -0.39 is 5.97 Å². The number of carboxylic acids is 1. The third-order valence-electron chi connectivity index (χ3n) is 2.98. The molecule has 1 aliphatic rings. The summed E-state index contributed by atoms with van der Waals surface area (Å²) in [5.41, 5.74) is 1.76. The molecule has 0 saturated carbocycles. The molecule has 2 rings (SSSR count). The van der Waals surface area contributed by atoms with Crippen LogP contribution < -0.4 is 10.6 Å². The van der Waals surface area contributed by atoms with Crippen molar-refractivity contribution in [3.63, 3.8) is 0 Å². The van der Waals surface area contributed by atoms with Crippen LogP contribution in [-0.2, 0) is 4.79 Å². The smallest absolute Gasteiger partial charge is 0.305 e. The molecule has 1 aromatic rings. The third kappa shape index (κ3) is 2.79. The lowest BCUT2D eigenvalue weighted by atomic mass is 9.88. The van der Waals surface area contributed by atoms with Gasteiger partial charge in [-0.1, -0.05) is 15.9 Å². The Kier molecular flexibility index (Phi) is 3.40. The highest BCUT2D eigenvalue weighted by Gasteiger charge is 2.38. The van der Waals surface area contributed by atoms with Crippen molar-refractivity contribution in [1.29, 1.82) is 0 Å². The molecule has 1 aliphatic heterocycles. The second-order valence-electron chi connectivity index (χ2n) is 4.54. The molecule has 0 spiro atoms. The van der Waals surface area contributed by atoms with Gasteiger partial charge in [-0.3, -0.25) is 4.79 Å². The molecule has 0 bridgehead atoms. The molecule has 1 heterocycles. The van der Waals surface area contributed by atoms with Gasteiger partial charge in [0, 0.05) is 23.2 Å². The number of benzene rings is 1. The molecular weight excluding hydrogens is 284 g/mol. The first-order chi connectivity index (χ1) is 8.01. The summed E-state index contributed by atoms with van der Waals surface area (Å²) in [5, 5.41) is 15.4. The zero-order valence-electron chi connectivity index (χ0n) is 9.59. The van der Waals surface area contributed by atoms with Crippen molar-refractivity contribution in [2.45, 2.75) is 18.9 Å². The molecule has 1 fully saturated rings. The van der Waals surface area contributed by atoms with E-state index >= 15 is 0 Å². The van der Waals surface area contributed by atoms with E-state index in [0.717, 1.165) is 15.7 Å². The predicted octanol–water partition coefficient (Wildman–Crippen LogP) is 1.99. The minimum atomic E-state index is -0.771. The van der Waals surface area contributed by atoms with Gasteiger partial charge in [-0.25, -0.2) is 0 Å². The molecule has 0 atom stereocenters. The minimum Gasteiger partial charge on any atom is -0.481 e. The monoisotopic (exact) mass is 298 g/mol. The lowest BCUT2D eigenvalue weighted by Gasteiger charge is -2.43. The van der Waals surface area contributed by atoms with E-state index in [2.05, 4.69) is 26.6 Å². The van der Waals surface area contributed by atoms with Crippen LogP contribution in [0.1, 0.15) is 12.0 Å². The molecule has 0 unspecified atom stereocenters. The molecule has 1 saturated heterocycles. The Balaban J connectivity index is 2.13. The van der Waals surface area contributed by atoms with Crippen LogP contribution >= 0.6 is 15.9 Å². The highest BCUT2D eigenvalue weighted by Crippen LogP contribution is 2.26. The molecule has 0 amide bonds. The summed E-state index contributed by atoms with van der Waals surface area (Å²) in [6.07, 6.45) is 0.134. The number of hydrogen-bond donors (Lipinski definition) is 3. The van der Waals surface area contributed by atoms with Crippen LogP contribution in [0.15, 0.2) is 22.7 Å². The SMILES string of the molecule is Cc1cc(NC2(CC(=O)O)CNC2)ccc1Br. The first-order valence-electron chi connectivity index (χ1n) is 5.48. The summed E-state index contributed by atoms with van der Waals surface area (Å²) >= 11 is 3.45. The Labute approximate surface area is 109 Å². The Morgan fingerprint density at radius 3 is 2.76 bits per heavy atom. The van der Waals surface area contributed by atoms with Gasteiger partial charge in [0.1, 0.15) is 0 Å². The number of carboxylic acid groups (broad SMARTS) is 1. The highest BCUT2D eigenvalue weighted by molar-refractivity contribution is 9.10. The standard InChI is InChI=1S/C12H15BrN2O2/c1-8-4-9(2-3-10(8)13)15-12(5-11(16)17)6-14-7-12/h2-4,14-15H,5-7H2,1H3,(H,16,17). The summed E-state index contributed by atoms with van der Waals surface area (Å²) in [6, 6.07) is 5.95. The van der Waals surface area contributed by atoms with Crippen LogP contribution in [0, 0.1) is 6.92 Å². The highest BCUT2D eigenvalue weighted by atomic mass is 79.9. The average molecular weight is 299 g/mol. The third-order valence-corrected chi connectivity index (χ3v) is 3.87. The van der Waals surface area contributed by atoms with E-state index in [-0.39, 0.29) is 12.0 Å². The van der Waals surface area contributed by atoms with Gasteiger partial charge >= 0.3 is 5.97 Å². The summed E-state index contributed by atoms with van der Waals surface area (Å²) in [5.74, 6) is -0.771. The molecule has 1 aromatic carbocycles. The summed E-state index contributed by atoms with van der Waals surface area (Å²) < 4.78 is 1.06. The second-order valence-corrected chi connectivity index (χ2v) is 5.40. The largest absolute Gasteiger partial charge is 0.481 e. The Morgan fingerprint density at radius 2 is 2.29 bits per heavy atom. The lowest BCUT2D eigenvalue weighted by molar-refractivity contribution is -0.138. The zero-order chi connectivity index (χ0) is 12.5. The van der Waals surface area contributed by atoms with Crippen LogP contribution in [0.4, 0.5) is 5.69 Å². The van der Waals surface area contributed by atoms with Crippen molar-refractivity contribution in [2.24, 2.45) is 0 Å². The van der Waals surface area contributed by atoms with Crippen LogP contribution in [0.3, 0.4) is 0 Å². The Bertz CT molecular complexity index is 444. The van der Waals surface area contributed by atoms with Crippen LogP contribution in [0.5, 0.6) is 0 Å². The molecule has 5 heteroatoms. The van der Waals surface area contributed by atoms with E-state index in [0.29, 0.717) is 13.1 Å². The fraction of sp³-hybridized carbons (Fsp3) is 0.417. The predicted molar refractivity (Wildman–Crippen MR) is 70.4 cm³/mol. The van der Waals surface area contributed by atoms with Crippen LogP contribution in [0.25, 0.3) is 0 Å². The number of anilines is 1. The normalized spacial score (nSPS) is 17.3. The average Bonchev–Trinajstić information content (AvgIpc) is 2.19. The number of rotatable bonds is 4. The molecule has 4 nitrogen and oxygen atoms in total. The number of nitrogens with one attached hydrogen (secondary N) is 2. The van der Waals surface area contributed by atoms with Crippen molar-refractivity contribution in [3.8, 4) is 0 Å². The maximum absolute atomic E-state index is 10.8. The van der Waals surface area contributed by atoms with Gasteiger partial charge in [0.25, 0.3) is 0 Å². The minimum absolute atomic E-state index is 0.134. The number of aliphatic carboxylic acids is 1. The summed E-state index contributed by atoms with van der Waals surface area (Å²) in [7, 11) is 0. The molecule has 92 valence electrons. The first kappa shape index (κ1) is 12.4. The summed E-state index contributed by atoms with van der Waals surface area (Å²) in [4.78, 5) is 10.8. The Hall–Kier alpha value is -1.07. The van der Waals surface area contributed by atoms with E-state index in [1.807, 2.05) is 25.1 Å². The van der Waals surface area contributed by atoms with Crippen LogP contribution in [-0.4, -0.2) is 29.7 Å². The Morgan fingerprint density at radius 1 is 1.59 bits per heavy atom. The molecule has 3 N–H and O–H groups in total. The van der Waals surface area contributed by atoms with Crippen molar-refractivity contribution >= 4 is 27.6 Å². The fourth-order valence-electron chi connectivity index (χ4n) is 2.00. The fourth-order valence-corrected chi connectivity index (χ4v) is 2.25. The molecule has 0 aliphatic carbocycles. The van der Waals surface area contributed by atoms with Crippen molar-refractivity contribution < 1.29 is 9.90 Å². The quantitative estimate of drug-likeness (QED) is 0.795. The molecular formula is C12H15BrN2O2. The maximum atomic E-state index is 10.8. The zero-order valence-corrected chi connectivity index (χ0v) is 11.2. The topological polar surface area (TPSA) is 61.4 Å². The first-order valence-corrected chi connectivity index (χ1v) is 6.27. The van der Waals surface area contributed by atoms with Gasteiger partial charge in [-0.05, 0) is 30.7 Å². The number of hydrogen-bond acceptors (Lipinski definition) is 3. The van der Waals surface area contributed by atoms with E-state index in [4.69, 9.17) is 5.11 Å². The lowest BCUT2D eigenvalue weighted by Crippen LogP contribution is -2.65. The maximum Gasteiger partial charge on any atom is 0.305 e. The van der Waals surface area contributed by atoms with Crippen molar-refractivity contribution in [1.82, 2.24) is 5.32 Å². The van der Waals surface area contributed by atoms with Gasteiger partial charge in [0.15, 0.2) is 0 Å². The van der Waals surface area contributed by atoms with E-state index in [1.54, 1.807) is 0 Å². The number of carbonyl (C=O) groups is 1. The van der Waals surface area contributed by atoms with Gasteiger partial charge in [-0.15, -0.1) is 0 Å². The summed E-state index contributed by atoms with van der Waals surface area (Å²) in [6.45, 7) is 3.39. The number of aryl methyl sites for hydroxylation is 1. The van der Waals surface area contributed by atoms with Crippen molar-refractivity contribution in [2.75, 3.05) is 18.4 Å². The van der Waals surface area contributed by atoms with E-state index in [9.17, 15) is 4.79 Å². The van der Waals surface area contributed by atoms with Gasteiger partial charge in [0.2, 0.25) is 0 Å². The van der Waals surface area contributed by atoms with Gasteiger partial charge in [0.05, 0.1) is 12.0 Å². The molecule has 0 radical (unpaired) electrons. The molecule has 0 aromatic heterocycles. The van der Waals surface area contributed by atoms with Crippen LogP contribution in [0.2, 0.25) is 0 Å². The second kappa shape index (κ2) is 4.66. The van der Waals surface area contributed by atoms with E-state index in [1.165, 1.54) is 0 Å². The number of halogens is 1. The van der Waals surface area contributed by atoms with Crippen molar-refractivity contribution in [3.05, 3.63) is 28.2 Å². The molecule has 17 heavy (non-hydrogen) atoms. The van der Waals surface area contributed by atoms with Gasteiger partial charge in [-0.2, -0.15) is 0 Å². The van der Waals surface area contributed by atoms with Gasteiger partial charge < -0.3 is 15.7 Å².